The Kier molecular flexibility index (Phi) is 4.11. The number of aliphatic carboxylic acids is 1. The van der Waals surface area contributed by atoms with Gasteiger partial charge >= 0.3 is 5.97 Å². The molecular weight excluding hydrogens is 251 g/mol. The molecule has 102 valence electrons. The molecule has 2 aromatic rings. The lowest BCUT2D eigenvalue weighted by Crippen LogP contribution is -2.10. The van der Waals surface area contributed by atoms with Crippen molar-refractivity contribution >= 4 is 17.0 Å². The van der Waals surface area contributed by atoms with Crippen molar-refractivity contribution in [1.82, 2.24) is 9.55 Å². The highest BCUT2D eigenvalue weighted by Crippen LogP contribution is 2.20. The van der Waals surface area contributed by atoms with Crippen molar-refractivity contribution in [3.05, 3.63) is 29.8 Å². The number of aromatic nitrogens is 2. The molecular formula is C13H15FN2O3. The van der Waals surface area contributed by atoms with Gasteiger partial charge in [0.2, 0.25) is 0 Å². The molecule has 1 N–H and O–H groups in total. The zero-order chi connectivity index (χ0) is 13.8. The first-order chi connectivity index (χ1) is 9.13. The van der Waals surface area contributed by atoms with Gasteiger partial charge in [-0.3, -0.25) is 0 Å². The molecule has 0 bridgehead atoms. The third kappa shape index (κ3) is 2.90. The van der Waals surface area contributed by atoms with Crippen LogP contribution in [0.25, 0.3) is 11.0 Å². The number of benzene rings is 1. The average molecular weight is 266 g/mol. The molecule has 0 saturated carbocycles. The number of carbonyl (C=O) groups is 1. The standard InChI is InChI=1S/C13H15FN2O3/c1-2-6-16-10-5-3-4-9(14)13(10)15-11(16)7-19-8-12(17)18/h3-5H,2,6-8H2,1H3,(H,17,18). The number of para-hydroxylation sites is 1. The minimum atomic E-state index is -1.04. The monoisotopic (exact) mass is 266 g/mol. The van der Waals surface area contributed by atoms with Gasteiger partial charge in [-0.15, -0.1) is 0 Å². The largest absolute Gasteiger partial charge is 0.480 e. The van der Waals surface area contributed by atoms with Crippen molar-refractivity contribution < 1.29 is 19.0 Å². The summed E-state index contributed by atoms with van der Waals surface area (Å²) < 4.78 is 20.6. The Morgan fingerprint density at radius 2 is 2.32 bits per heavy atom. The molecule has 6 heteroatoms. The van der Waals surface area contributed by atoms with Gasteiger partial charge in [0.15, 0.2) is 5.82 Å². The second kappa shape index (κ2) is 5.79. The number of hydrogen-bond donors (Lipinski definition) is 1. The Morgan fingerprint density at radius 3 is 3.00 bits per heavy atom. The van der Waals surface area contributed by atoms with Gasteiger partial charge in [0.05, 0.1) is 5.52 Å². The third-order valence-corrected chi connectivity index (χ3v) is 2.71. The van der Waals surface area contributed by atoms with Crippen LogP contribution >= 0.6 is 0 Å². The van der Waals surface area contributed by atoms with Crippen LogP contribution in [0.4, 0.5) is 4.39 Å². The number of imidazole rings is 1. The van der Waals surface area contributed by atoms with Crippen LogP contribution in [0, 0.1) is 5.82 Å². The van der Waals surface area contributed by atoms with Crippen molar-refractivity contribution in [2.24, 2.45) is 0 Å². The van der Waals surface area contributed by atoms with Gasteiger partial charge < -0.3 is 14.4 Å². The van der Waals surface area contributed by atoms with Crippen molar-refractivity contribution in [3.8, 4) is 0 Å². The molecule has 0 saturated heterocycles. The molecule has 0 amide bonds. The maximum atomic E-state index is 13.7. The summed E-state index contributed by atoms with van der Waals surface area (Å²) in [5.41, 5.74) is 1.00. The van der Waals surface area contributed by atoms with E-state index in [1.165, 1.54) is 6.07 Å². The Labute approximate surface area is 109 Å². The summed E-state index contributed by atoms with van der Waals surface area (Å²) >= 11 is 0. The lowest BCUT2D eigenvalue weighted by atomic mass is 10.3. The summed E-state index contributed by atoms with van der Waals surface area (Å²) in [5.74, 6) is -0.876. The van der Waals surface area contributed by atoms with Crippen LogP contribution in [0.2, 0.25) is 0 Å². The lowest BCUT2D eigenvalue weighted by molar-refractivity contribution is -0.142. The van der Waals surface area contributed by atoms with E-state index in [9.17, 15) is 9.18 Å². The first kappa shape index (κ1) is 13.5. The van der Waals surface area contributed by atoms with Gasteiger partial charge in [0.25, 0.3) is 0 Å². The Bertz CT molecular complexity index is 595. The zero-order valence-corrected chi connectivity index (χ0v) is 10.6. The highest BCUT2D eigenvalue weighted by atomic mass is 19.1. The molecule has 0 fully saturated rings. The maximum Gasteiger partial charge on any atom is 0.329 e. The quantitative estimate of drug-likeness (QED) is 0.870. The number of halogens is 1. The van der Waals surface area contributed by atoms with Gasteiger partial charge in [-0.05, 0) is 18.6 Å². The second-order valence-electron chi connectivity index (χ2n) is 4.17. The molecule has 1 aromatic carbocycles. The molecule has 0 aliphatic rings. The van der Waals surface area contributed by atoms with Gasteiger partial charge in [-0.25, -0.2) is 14.2 Å². The van der Waals surface area contributed by atoms with Crippen LogP contribution in [0.3, 0.4) is 0 Å². The minimum absolute atomic E-state index is 0.0560. The van der Waals surface area contributed by atoms with Crippen molar-refractivity contribution in [2.75, 3.05) is 6.61 Å². The van der Waals surface area contributed by atoms with E-state index in [2.05, 4.69) is 4.98 Å². The van der Waals surface area contributed by atoms with E-state index in [0.717, 1.165) is 6.42 Å². The molecule has 0 spiro atoms. The van der Waals surface area contributed by atoms with E-state index in [1.807, 2.05) is 11.5 Å². The number of hydrogen-bond acceptors (Lipinski definition) is 3. The van der Waals surface area contributed by atoms with Crippen molar-refractivity contribution in [2.45, 2.75) is 26.5 Å². The zero-order valence-electron chi connectivity index (χ0n) is 10.6. The number of ether oxygens (including phenoxy) is 1. The molecule has 0 unspecified atom stereocenters. The predicted molar refractivity (Wildman–Crippen MR) is 67.3 cm³/mol. The van der Waals surface area contributed by atoms with E-state index < -0.39 is 12.6 Å². The van der Waals surface area contributed by atoms with Crippen LogP contribution < -0.4 is 0 Å². The topological polar surface area (TPSA) is 64.3 Å². The summed E-state index contributed by atoms with van der Waals surface area (Å²) in [6, 6.07) is 4.78. The number of carboxylic acid groups (broad SMARTS) is 1. The number of nitrogens with zero attached hydrogens (tertiary/aromatic N) is 2. The molecule has 1 aromatic heterocycles. The van der Waals surface area contributed by atoms with E-state index in [0.29, 0.717) is 23.4 Å². The summed E-state index contributed by atoms with van der Waals surface area (Å²) in [7, 11) is 0. The SMILES string of the molecule is CCCn1c(COCC(=O)O)nc2c(F)cccc21. The number of rotatable bonds is 6. The average Bonchev–Trinajstić information content (AvgIpc) is 2.70. The molecule has 0 aliphatic carbocycles. The van der Waals surface area contributed by atoms with Crippen LogP contribution in [-0.4, -0.2) is 27.2 Å². The Balaban J connectivity index is 2.33. The van der Waals surface area contributed by atoms with E-state index in [1.54, 1.807) is 12.1 Å². The minimum Gasteiger partial charge on any atom is -0.480 e. The first-order valence-corrected chi connectivity index (χ1v) is 6.06. The molecule has 0 atom stereocenters. The van der Waals surface area contributed by atoms with Crippen molar-refractivity contribution in [3.63, 3.8) is 0 Å². The van der Waals surface area contributed by atoms with Crippen LogP contribution in [0.15, 0.2) is 18.2 Å². The third-order valence-electron chi connectivity index (χ3n) is 2.71. The van der Waals surface area contributed by atoms with Crippen LogP contribution in [-0.2, 0) is 22.7 Å². The fraction of sp³-hybridized carbons (Fsp3) is 0.385. The van der Waals surface area contributed by atoms with Crippen LogP contribution in [0.1, 0.15) is 19.2 Å². The van der Waals surface area contributed by atoms with E-state index >= 15 is 0 Å². The highest BCUT2D eigenvalue weighted by molar-refractivity contribution is 5.76. The molecule has 19 heavy (non-hydrogen) atoms. The molecule has 0 aliphatic heterocycles. The fourth-order valence-corrected chi connectivity index (χ4v) is 1.97. The molecule has 2 rings (SSSR count). The van der Waals surface area contributed by atoms with E-state index in [-0.39, 0.29) is 12.4 Å². The summed E-state index contributed by atoms with van der Waals surface area (Å²) in [4.78, 5) is 14.6. The Morgan fingerprint density at radius 1 is 1.53 bits per heavy atom. The van der Waals surface area contributed by atoms with E-state index in [4.69, 9.17) is 9.84 Å². The van der Waals surface area contributed by atoms with Crippen LogP contribution in [0.5, 0.6) is 0 Å². The number of aryl methyl sites for hydroxylation is 1. The van der Waals surface area contributed by atoms with Gasteiger partial charge in [0.1, 0.15) is 24.6 Å². The summed E-state index contributed by atoms with van der Waals surface area (Å²) in [5, 5.41) is 8.54. The van der Waals surface area contributed by atoms with Gasteiger partial charge in [0, 0.05) is 6.54 Å². The fourth-order valence-electron chi connectivity index (χ4n) is 1.97. The molecule has 5 nitrogen and oxygen atoms in total. The molecule has 1 heterocycles. The maximum absolute atomic E-state index is 13.7. The number of carboxylic acids is 1. The normalized spacial score (nSPS) is 11.1. The molecule has 0 radical (unpaired) electrons. The van der Waals surface area contributed by atoms with Gasteiger partial charge in [-0.2, -0.15) is 0 Å². The smallest absolute Gasteiger partial charge is 0.329 e. The summed E-state index contributed by atoms with van der Waals surface area (Å²) in [6.07, 6.45) is 0.869. The first-order valence-electron chi connectivity index (χ1n) is 6.06. The highest BCUT2D eigenvalue weighted by Gasteiger charge is 2.13. The van der Waals surface area contributed by atoms with Crippen molar-refractivity contribution in [1.29, 1.82) is 0 Å². The van der Waals surface area contributed by atoms with Gasteiger partial charge in [-0.1, -0.05) is 13.0 Å². The summed E-state index contributed by atoms with van der Waals surface area (Å²) in [6.45, 7) is 2.36. The second-order valence-corrected chi connectivity index (χ2v) is 4.17. The number of fused-ring (bicyclic) bond motifs is 1. The lowest BCUT2D eigenvalue weighted by Gasteiger charge is -2.07. The Hall–Kier alpha value is -1.95. The predicted octanol–water partition coefficient (Wildman–Crippen LogP) is 2.19.